The summed E-state index contributed by atoms with van der Waals surface area (Å²) in [6.45, 7) is 2.86. The molecule has 0 saturated carbocycles. The molecule has 2 N–H and O–H groups in total. The molecule has 0 spiro atoms. The van der Waals surface area contributed by atoms with E-state index in [9.17, 15) is 4.39 Å². The summed E-state index contributed by atoms with van der Waals surface area (Å²) in [5.41, 5.74) is 2.59. The predicted molar refractivity (Wildman–Crippen MR) is 112 cm³/mol. The van der Waals surface area contributed by atoms with Gasteiger partial charge in [-0.15, -0.1) is 24.0 Å². The number of halogens is 2. The molecule has 136 valence electrons. The number of aryl methyl sites for hydroxylation is 1. The molecule has 0 radical (unpaired) electrons. The second-order valence-electron chi connectivity index (χ2n) is 5.74. The molecule has 0 atom stereocenters. The molecule has 0 aliphatic heterocycles. The van der Waals surface area contributed by atoms with Crippen molar-refractivity contribution < 1.29 is 4.39 Å². The third-order valence-corrected chi connectivity index (χ3v) is 3.66. The molecule has 25 heavy (non-hydrogen) atoms. The van der Waals surface area contributed by atoms with Crippen LogP contribution in [0, 0.1) is 12.7 Å². The van der Waals surface area contributed by atoms with Gasteiger partial charge in [0, 0.05) is 46.0 Å². The van der Waals surface area contributed by atoms with E-state index in [-0.39, 0.29) is 29.8 Å². The fraction of sp³-hybridized carbons (Fsp3) is 0.333. The minimum Gasteiger partial charge on any atom is -0.362 e. The third-order valence-electron chi connectivity index (χ3n) is 3.66. The molecule has 0 aliphatic carbocycles. The van der Waals surface area contributed by atoms with Crippen LogP contribution < -0.4 is 15.5 Å². The summed E-state index contributed by atoms with van der Waals surface area (Å²) in [7, 11) is 5.64. The van der Waals surface area contributed by atoms with Gasteiger partial charge in [0.25, 0.3) is 0 Å². The van der Waals surface area contributed by atoms with E-state index in [0.717, 1.165) is 16.9 Å². The fourth-order valence-electron chi connectivity index (χ4n) is 2.30. The lowest BCUT2D eigenvalue weighted by atomic mass is 10.1. The third kappa shape index (κ3) is 6.15. The number of hydrogen-bond donors (Lipinski definition) is 2. The number of guanidine groups is 1. The average Bonchev–Trinajstić information content (AvgIpc) is 2.58. The summed E-state index contributed by atoms with van der Waals surface area (Å²) in [6.07, 6.45) is 1.78. The first kappa shape index (κ1) is 21.1. The first-order chi connectivity index (χ1) is 11.5. The lowest BCUT2D eigenvalue weighted by Crippen LogP contribution is -2.36. The molecule has 1 heterocycles. The van der Waals surface area contributed by atoms with Crippen molar-refractivity contribution in [2.45, 2.75) is 20.0 Å². The van der Waals surface area contributed by atoms with Crippen molar-refractivity contribution in [3.63, 3.8) is 0 Å². The van der Waals surface area contributed by atoms with Gasteiger partial charge in [-0.25, -0.2) is 9.37 Å². The molecular weight excluding hydrogens is 432 g/mol. The number of rotatable bonds is 5. The smallest absolute Gasteiger partial charge is 0.191 e. The number of anilines is 1. The first-order valence-corrected chi connectivity index (χ1v) is 7.82. The van der Waals surface area contributed by atoms with Gasteiger partial charge in [-0.1, -0.05) is 18.2 Å². The normalized spacial score (nSPS) is 10.8. The molecule has 0 fully saturated rings. The summed E-state index contributed by atoms with van der Waals surface area (Å²) in [6, 6.07) is 9.17. The highest BCUT2D eigenvalue weighted by atomic mass is 127. The maximum absolute atomic E-state index is 13.6. The van der Waals surface area contributed by atoms with E-state index in [1.54, 1.807) is 32.3 Å². The van der Waals surface area contributed by atoms with Gasteiger partial charge >= 0.3 is 0 Å². The summed E-state index contributed by atoms with van der Waals surface area (Å²) in [5, 5.41) is 6.45. The van der Waals surface area contributed by atoms with Gasteiger partial charge in [-0.2, -0.15) is 0 Å². The molecule has 0 bridgehead atoms. The molecule has 0 unspecified atom stereocenters. The van der Waals surface area contributed by atoms with Crippen LogP contribution in [0.25, 0.3) is 0 Å². The maximum Gasteiger partial charge on any atom is 0.191 e. The highest BCUT2D eigenvalue weighted by molar-refractivity contribution is 14.0. The van der Waals surface area contributed by atoms with E-state index in [1.807, 2.05) is 37.2 Å². The molecule has 0 aliphatic rings. The van der Waals surface area contributed by atoms with Gasteiger partial charge in [0.2, 0.25) is 0 Å². The zero-order chi connectivity index (χ0) is 17.5. The number of nitrogens with one attached hydrogen (secondary N) is 2. The molecular formula is C18H25FIN5. The Bertz CT molecular complexity index is 718. The monoisotopic (exact) mass is 457 g/mol. The largest absolute Gasteiger partial charge is 0.362 e. The SMILES string of the molecule is CN=C(NCc1ccc(C)c(F)c1)NCc1cccnc1N(C)C.I. The zero-order valence-corrected chi connectivity index (χ0v) is 17.3. The molecule has 0 amide bonds. The van der Waals surface area contributed by atoms with Crippen LogP contribution in [0.5, 0.6) is 0 Å². The Morgan fingerprint density at radius 1 is 1.20 bits per heavy atom. The Morgan fingerprint density at radius 2 is 1.92 bits per heavy atom. The van der Waals surface area contributed by atoms with Gasteiger partial charge in [0.1, 0.15) is 11.6 Å². The highest BCUT2D eigenvalue weighted by Gasteiger charge is 2.06. The number of benzene rings is 1. The van der Waals surface area contributed by atoms with Gasteiger partial charge in [0.05, 0.1) is 0 Å². The Morgan fingerprint density at radius 3 is 2.56 bits per heavy atom. The Hall–Kier alpha value is -1.90. The Kier molecular flexibility index (Phi) is 8.60. The summed E-state index contributed by atoms with van der Waals surface area (Å²) >= 11 is 0. The standard InChI is InChI=1S/C18H24FN5.HI/c1-13-7-8-14(10-16(13)19)11-22-18(20-2)23-12-15-6-5-9-21-17(15)24(3)4;/h5-10H,11-12H2,1-4H3,(H2,20,22,23);1H. The topological polar surface area (TPSA) is 52.6 Å². The number of pyridine rings is 1. The van der Waals surface area contributed by atoms with E-state index in [1.165, 1.54) is 0 Å². The number of nitrogens with zero attached hydrogens (tertiary/aromatic N) is 3. The molecule has 1 aromatic carbocycles. The van der Waals surface area contributed by atoms with Crippen LogP contribution in [0.3, 0.4) is 0 Å². The second kappa shape index (κ2) is 10.2. The molecule has 5 nitrogen and oxygen atoms in total. The van der Waals surface area contributed by atoms with Gasteiger partial charge in [0.15, 0.2) is 5.96 Å². The Labute approximate surface area is 165 Å². The van der Waals surface area contributed by atoms with Crippen LogP contribution in [0.2, 0.25) is 0 Å². The molecule has 2 rings (SSSR count). The first-order valence-electron chi connectivity index (χ1n) is 7.82. The highest BCUT2D eigenvalue weighted by Crippen LogP contribution is 2.13. The van der Waals surface area contributed by atoms with Crippen molar-refractivity contribution in [1.82, 2.24) is 15.6 Å². The van der Waals surface area contributed by atoms with Crippen LogP contribution in [0.4, 0.5) is 10.2 Å². The quantitative estimate of drug-likeness (QED) is 0.412. The van der Waals surface area contributed by atoms with Crippen molar-refractivity contribution in [3.05, 3.63) is 59.0 Å². The van der Waals surface area contributed by atoms with Gasteiger partial charge in [-0.05, 0) is 30.2 Å². The Balaban J connectivity index is 0.00000312. The van der Waals surface area contributed by atoms with Crippen molar-refractivity contribution in [1.29, 1.82) is 0 Å². The minimum absolute atomic E-state index is 0. The van der Waals surface area contributed by atoms with Crippen molar-refractivity contribution in [2.75, 3.05) is 26.0 Å². The lowest BCUT2D eigenvalue weighted by molar-refractivity contribution is 0.615. The number of hydrogen-bond acceptors (Lipinski definition) is 3. The summed E-state index contributed by atoms with van der Waals surface area (Å²) in [5.74, 6) is 1.38. The maximum atomic E-state index is 13.6. The number of aliphatic imine (C=N–C) groups is 1. The van der Waals surface area contributed by atoms with Gasteiger partial charge in [-0.3, -0.25) is 4.99 Å². The predicted octanol–water partition coefficient (Wildman–Crippen LogP) is 3.08. The van der Waals surface area contributed by atoms with Crippen LogP contribution in [-0.4, -0.2) is 32.1 Å². The van der Waals surface area contributed by atoms with Crippen molar-refractivity contribution in [2.24, 2.45) is 4.99 Å². The van der Waals surface area contributed by atoms with E-state index < -0.39 is 0 Å². The van der Waals surface area contributed by atoms with Crippen molar-refractivity contribution >= 4 is 35.8 Å². The molecule has 1 aromatic heterocycles. The van der Waals surface area contributed by atoms with E-state index in [0.29, 0.717) is 24.6 Å². The summed E-state index contributed by atoms with van der Waals surface area (Å²) in [4.78, 5) is 10.6. The fourth-order valence-corrected chi connectivity index (χ4v) is 2.30. The van der Waals surface area contributed by atoms with Crippen molar-refractivity contribution in [3.8, 4) is 0 Å². The van der Waals surface area contributed by atoms with Crippen LogP contribution >= 0.6 is 24.0 Å². The number of aromatic nitrogens is 1. The molecule has 0 saturated heterocycles. The van der Waals surface area contributed by atoms with Crippen LogP contribution in [-0.2, 0) is 13.1 Å². The minimum atomic E-state index is -0.191. The molecule has 2 aromatic rings. The average molecular weight is 457 g/mol. The van der Waals surface area contributed by atoms with Crippen LogP contribution in [0.15, 0.2) is 41.5 Å². The second-order valence-corrected chi connectivity index (χ2v) is 5.74. The van der Waals surface area contributed by atoms with Gasteiger partial charge < -0.3 is 15.5 Å². The zero-order valence-electron chi connectivity index (χ0n) is 15.0. The van der Waals surface area contributed by atoms with E-state index in [4.69, 9.17) is 0 Å². The van der Waals surface area contributed by atoms with Crippen LogP contribution in [0.1, 0.15) is 16.7 Å². The molecule has 7 heteroatoms. The van der Waals surface area contributed by atoms with E-state index >= 15 is 0 Å². The summed E-state index contributed by atoms with van der Waals surface area (Å²) < 4.78 is 13.6. The van der Waals surface area contributed by atoms with E-state index in [2.05, 4.69) is 20.6 Å². The lowest BCUT2D eigenvalue weighted by Gasteiger charge is -2.17.